The Balaban J connectivity index is 0.000000195. The fourth-order valence-corrected chi connectivity index (χ4v) is 9.14. The number of aromatic amines is 1. The van der Waals surface area contributed by atoms with E-state index in [0.29, 0.717) is 64.3 Å². The monoisotopic (exact) mass is 1260 g/mol. The molecule has 27 heteroatoms. The van der Waals surface area contributed by atoms with Gasteiger partial charge in [-0.3, -0.25) is 19.2 Å². The highest BCUT2D eigenvalue weighted by atomic mass is 16.2. The molecule has 0 fully saturated rings. The first kappa shape index (κ1) is 72.8. The molecule has 3 amide bonds. The molecule has 0 radical (unpaired) electrons. The summed E-state index contributed by atoms with van der Waals surface area (Å²) >= 11 is 0. The summed E-state index contributed by atoms with van der Waals surface area (Å²) in [6.07, 6.45) is 12.6. The number of nitrogens with one attached hydrogen (secondary N) is 4. The van der Waals surface area contributed by atoms with E-state index < -0.39 is 5.91 Å². The summed E-state index contributed by atoms with van der Waals surface area (Å²) in [4.78, 5) is 93.6. The van der Waals surface area contributed by atoms with E-state index in [4.69, 9.17) is 5.73 Å². The van der Waals surface area contributed by atoms with E-state index in [0.717, 1.165) is 62.3 Å². The topological polar surface area (TPSA) is 319 Å². The van der Waals surface area contributed by atoms with Crippen molar-refractivity contribution in [1.29, 1.82) is 0 Å². The summed E-state index contributed by atoms with van der Waals surface area (Å²) < 4.78 is 9.64. The second kappa shape index (κ2) is 30.7. The second-order valence-electron chi connectivity index (χ2n) is 24.9. The summed E-state index contributed by atoms with van der Waals surface area (Å²) in [5.41, 5.74) is 14.0. The number of anilines is 1. The average molecular weight is 1260 g/mol. The summed E-state index contributed by atoms with van der Waals surface area (Å²) in [5.74, 6) is 4.15. The van der Waals surface area contributed by atoms with E-state index >= 15 is 0 Å². The number of primary amides is 1. The largest absolute Gasteiger partial charge is 0.363 e. The Kier molecular flexibility index (Phi) is 24.3. The van der Waals surface area contributed by atoms with Gasteiger partial charge < -0.3 is 54.7 Å². The number of amides is 3. The molecule has 3 aliphatic rings. The predicted molar refractivity (Wildman–Crippen MR) is 363 cm³/mol. The molecule has 92 heavy (non-hydrogen) atoms. The first-order valence-electron chi connectivity index (χ1n) is 30.5. The molecule has 8 aromatic rings. The van der Waals surface area contributed by atoms with Gasteiger partial charge in [0.05, 0.1) is 30.4 Å². The van der Waals surface area contributed by atoms with Crippen molar-refractivity contribution in [3.63, 3.8) is 0 Å². The van der Waals surface area contributed by atoms with Gasteiger partial charge in [0.15, 0.2) is 22.5 Å². The number of nitrogens with zero attached hydrogens (tertiary/aromatic N) is 18. The summed E-state index contributed by atoms with van der Waals surface area (Å²) in [6.45, 7) is 57.8. The molecule has 0 aromatic carbocycles. The maximum absolute atomic E-state index is 11.5. The number of rotatable bonds is 7. The smallest absolute Gasteiger partial charge is 0.288 e. The van der Waals surface area contributed by atoms with Crippen molar-refractivity contribution in [3.05, 3.63) is 149 Å². The Hall–Kier alpha value is -9.95. The SMILES string of the molecule is C=C1N=C(C)C(C)=CN1C(C)C.C=C1NC(=O)C(C)=CN1C(C)C.C=C1NC(=O)c2ncn(C(C)(C)C)c2N1.CC(C)n1cnc(C(N)=O)n1.Cc1nc(C)c2ccn(C(C)C)c2n1.Cc1nc(C)c2ncn(C(C)C)c2n1.Cc1nc2c(ncn2C(C)C)c(=O)[nH]1. The van der Waals surface area contributed by atoms with E-state index in [2.05, 4.69) is 177 Å². The first-order chi connectivity index (χ1) is 42.8. The van der Waals surface area contributed by atoms with Gasteiger partial charge in [-0.05, 0) is 171 Å². The number of allylic oxidation sites excluding steroid dienone is 1. The van der Waals surface area contributed by atoms with E-state index in [-0.39, 0.29) is 40.8 Å². The third-order valence-corrected chi connectivity index (χ3v) is 14.2. The lowest BCUT2D eigenvalue weighted by Gasteiger charge is -2.31. The molecule has 0 aliphatic carbocycles. The molecule has 0 spiro atoms. The minimum Gasteiger partial charge on any atom is -0.363 e. The number of carbonyl (C=O) groups is 3. The van der Waals surface area contributed by atoms with Crippen molar-refractivity contribution in [1.82, 2.24) is 98.3 Å². The van der Waals surface area contributed by atoms with Crippen LogP contribution in [0.3, 0.4) is 0 Å². The molecule has 11 rings (SSSR count). The van der Waals surface area contributed by atoms with Crippen molar-refractivity contribution in [2.75, 3.05) is 5.32 Å². The van der Waals surface area contributed by atoms with Gasteiger partial charge >= 0.3 is 0 Å². The number of imidazole rings is 3. The average Bonchev–Trinajstić information content (AvgIpc) is 1.75. The number of hydrogen-bond donors (Lipinski definition) is 5. The van der Waals surface area contributed by atoms with E-state index in [1.165, 1.54) is 11.9 Å². The molecular formula is C65H95N23O4. The van der Waals surface area contributed by atoms with Gasteiger partial charge in [-0.2, -0.15) is 0 Å². The van der Waals surface area contributed by atoms with Crippen LogP contribution in [0.5, 0.6) is 0 Å². The van der Waals surface area contributed by atoms with E-state index in [9.17, 15) is 19.2 Å². The molecule has 0 bridgehead atoms. The van der Waals surface area contributed by atoms with E-state index in [1.807, 2.05) is 123 Å². The van der Waals surface area contributed by atoms with Crippen LogP contribution in [0, 0.1) is 34.6 Å². The van der Waals surface area contributed by atoms with Crippen LogP contribution in [0.2, 0.25) is 0 Å². The van der Waals surface area contributed by atoms with Gasteiger partial charge in [0.25, 0.3) is 23.3 Å². The third kappa shape index (κ3) is 18.4. The van der Waals surface area contributed by atoms with Crippen LogP contribution in [-0.2, 0) is 10.3 Å². The zero-order valence-corrected chi connectivity index (χ0v) is 58.0. The van der Waals surface area contributed by atoms with Crippen molar-refractivity contribution in [2.45, 2.75) is 201 Å². The van der Waals surface area contributed by atoms with Gasteiger partial charge in [0, 0.05) is 77.1 Å². The number of H-pyrrole nitrogens is 1. The van der Waals surface area contributed by atoms with Gasteiger partial charge in [-0.1, -0.05) is 19.7 Å². The molecule has 6 N–H and O–H groups in total. The van der Waals surface area contributed by atoms with Crippen LogP contribution in [0.4, 0.5) is 5.82 Å². The highest BCUT2D eigenvalue weighted by Crippen LogP contribution is 2.27. The Morgan fingerprint density at radius 3 is 1.63 bits per heavy atom. The molecule has 27 nitrogen and oxygen atoms in total. The van der Waals surface area contributed by atoms with Crippen LogP contribution < -0.4 is 27.2 Å². The lowest BCUT2D eigenvalue weighted by atomic mass is 10.1. The minimum absolute atomic E-state index is 0.0584. The molecule has 3 aliphatic heterocycles. The molecule has 0 unspecified atom stereocenters. The van der Waals surface area contributed by atoms with Gasteiger partial charge in [0.2, 0.25) is 5.82 Å². The Bertz CT molecular complexity index is 4050. The lowest BCUT2D eigenvalue weighted by molar-refractivity contribution is -0.117. The normalized spacial score (nSPS) is 13.8. The first-order valence-corrected chi connectivity index (χ1v) is 30.5. The zero-order chi connectivity index (χ0) is 69.1. The number of aliphatic imine (C=N–C) groups is 1. The number of aromatic nitrogens is 16. The van der Waals surface area contributed by atoms with Crippen LogP contribution in [0.25, 0.3) is 33.4 Å². The number of fused-ring (bicyclic) bond motifs is 4. The number of hydrogen-bond acceptors (Lipinski definition) is 18. The number of nitrogens with two attached hydrogens (primary N) is 1. The van der Waals surface area contributed by atoms with Gasteiger partial charge in [-0.15, -0.1) is 5.10 Å². The highest BCUT2D eigenvalue weighted by Gasteiger charge is 2.28. The van der Waals surface area contributed by atoms with Crippen molar-refractivity contribution in [3.8, 4) is 0 Å². The lowest BCUT2D eigenvalue weighted by Crippen LogP contribution is -2.40. The standard InChI is InChI=1S/C11H15N3.C10H14N4O.C10H14N4.C10H16N2.C9H12N4O.C9H14N2O.C6H10N4O/c1-7(2)14-6-5-10-8(3)12-9(4)13-11(10)14;1-6-12-8-7(9(15)13-6)11-5-14(8)10(2,3)4;1-6(2)14-5-11-9-7(3)12-8(4)13-10(9)14;1-7(2)12-6-8(3)9(4)11-10(12)5;1-5(2)13-4-10-7-8(13)11-6(3)12-9(7)14;1-6(2)11-5-7(3)9(12)10-8(11)4;1-4(2)10-3-8-6(9-10)5(7)11/h5-7H,1-4H3;5,12H,1H2,2-4H3,(H,13,15);5-6H,1-4H3;6-7H,5H2,1-4H3;4-5H,1-3H3,(H,11,12,14);5-6H,4H2,1-3H3,(H,10,12);3-4H,1-2H3,(H2,7,11). The third-order valence-electron chi connectivity index (χ3n) is 14.2. The molecule has 494 valence electrons. The predicted octanol–water partition coefficient (Wildman–Crippen LogP) is 10.6. The van der Waals surface area contributed by atoms with Gasteiger partial charge in [-0.25, -0.2) is 54.5 Å². The Morgan fingerprint density at radius 1 is 0.565 bits per heavy atom. The Labute approximate surface area is 539 Å². The van der Waals surface area contributed by atoms with E-state index in [1.54, 1.807) is 31.2 Å². The summed E-state index contributed by atoms with van der Waals surface area (Å²) in [5, 5.41) is 13.3. The van der Waals surface area contributed by atoms with Crippen molar-refractivity contribution >= 4 is 62.6 Å². The van der Waals surface area contributed by atoms with Crippen LogP contribution in [0.1, 0.15) is 199 Å². The fourth-order valence-electron chi connectivity index (χ4n) is 9.14. The van der Waals surface area contributed by atoms with Gasteiger partial charge in [0.1, 0.15) is 58.2 Å². The van der Waals surface area contributed by atoms with Crippen LogP contribution in [-0.4, -0.2) is 123 Å². The number of carbonyl (C=O) groups excluding carboxylic acids is 3. The molecular weight excluding hydrogens is 1170 g/mol. The molecule has 0 saturated heterocycles. The summed E-state index contributed by atoms with van der Waals surface area (Å²) in [7, 11) is 0. The van der Waals surface area contributed by atoms with Crippen LogP contribution >= 0.6 is 0 Å². The quantitative estimate of drug-likeness (QED) is 0.0990. The second-order valence-corrected chi connectivity index (χ2v) is 24.9. The Morgan fingerprint density at radius 2 is 1.11 bits per heavy atom. The summed E-state index contributed by atoms with van der Waals surface area (Å²) in [6, 6.07) is 4.14. The van der Waals surface area contributed by atoms with Crippen molar-refractivity contribution in [2.24, 2.45) is 10.7 Å². The molecule has 8 aromatic heterocycles. The molecule has 0 atom stereocenters. The minimum atomic E-state index is -0.593. The fraction of sp³-hybridized carbons (Fsp3) is 0.462. The number of aryl methyl sites for hydroxylation is 5. The maximum atomic E-state index is 11.5. The highest BCUT2D eigenvalue weighted by molar-refractivity contribution is 6.01. The van der Waals surface area contributed by atoms with Crippen LogP contribution in [0.15, 0.2) is 108 Å². The molecule has 0 saturated carbocycles. The zero-order valence-electron chi connectivity index (χ0n) is 58.0. The molecule has 11 heterocycles. The van der Waals surface area contributed by atoms with Crippen molar-refractivity contribution < 1.29 is 14.4 Å². The maximum Gasteiger partial charge on any atom is 0.288 e.